The number of ether oxygens (including phenoxy) is 2. The fourth-order valence-electron chi connectivity index (χ4n) is 5.84. The molecule has 2 atom stereocenters. The van der Waals surface area contributed by atoms with Crippen LogP contribution in [0.3, 0.4) is 0 Å². The van der Waals surface area contributed by atoms with E-state index in [1.807, 2.05) is 40.7 Å². The molecule has 0 bridgehead atoms. The lowest BCUT2D eigenvalue weighted by Crippen LogP contribution is -2.39. The maximum Gasteiger partial charge on any atom is 0.410 e. The summed E-state index contributed by atoms with van der Waals surface area (Å²) in [7, 11) is 0. The standard InChI is InChI=1S/C30H44N4O5S/c1-8-34(22-10-13-38-14-11-22)28-20(4)24(27(36)31-16-23-18(2)15-19(3)32-26(23)35)25(40-28)21-9-12-33(17-21)29(37)39-30(5,6)7/h15,21-23H,8-14,16-17H2,1-7H3,(H,31,36). The Morgan fingerprint density at radius 3 is 2.52 bits per heavy atom. The highest BCUT2D eigenvalue weighted by molar-refractivity contribution is 7.16. The minimum Gasteiger partial charge on any atom is -0.444 e. The number of nitrogens with one attached hydrogen (secondary N) is 1. The molecule has 0 aromatic carbocycles. The number of allylic oxidation sites excluding steroid dienone is 1. The highest BCUT2D eigenvalue weighted by Crippen LogP contribution is 2.44. The predicted octanol–water partition coefficient (Wildman–Crippen LogP) is 5.08. The molecule has 0 spiro atoms. The Bertz CT molecular complexity index is 1190. The smallest absolute Gasteiger partial charge is 0.410 e. The molecule has 0 saturated carbocycles. The highest BCUT2D eigenvalue weighted by Gasteiger charge is 2.37. The van der Waals surface area contributed by atoms with E-state index in [1.165, 1.54) is 0 Å². The summed E-state index contributed by atoms with van der Waals surface area (Å²) in [6.07, 6.45) is 4.24. The molecule has 40 heavy (non-hydrogen) atoms. The van der Waals surface area contributed by atoms with Gasteiger partial charge in [-0.15, -0.1) is 11.3 Å². The predicted molar refractivity (Wildman–Crippen MR) is 159 cm³/mol. The second kappa shape index (κ2) is 12.4. The van der Waals surface area contributed by atoms with Gasteiger partial charge in [-0.1, -0.05) is 5.57 Å². The Labute approximate surface area is 242 Å². The van der Waals surface area contributed by atoms with Gasteiger partial charge < -0.3 is 24.6 Å². The average molecular weight is 573 g/mol. The van der Waals surface area contributed by atoms with Gasteiger partial charge in [0.1, 0.15) is 5.60 Å². The number of anilines is 1. The van der Waals surface area contributed by atoms with Gasteiger partial charge in [0.05, 0.1) is 16.5 Å². The van der Waals surface area contributed by atoms with E-state index in [0.29, 0.717) is 30.4 Å². The molecule has 2 saturated heterocycles. The zero-order chi connectivity index (χ0) is 29.2. The normalized spacial score (nSPS) is 22.2. The number of rotatable bonds is 7. The van der Waals surface area contributed by atoms with Gasteiger partial charge in [-0.2, -0.15) is 0 Å². The van der Waals surface area contributed by atoms with Crippen LogP contribution in [0.15, 0.2) is 16.6 Å². The maximum atomic E-state index is 13.9. The van der Waals surface area contributed by atoms with Gasteiger partial charge in [-0.25, -0.2) is 9.79 Å². The molecule has 2 fully saturated rings. The van der Waals surface area contributed by atoms with E-state index < -0.39 is 11.5 Å². The summed E-state index contributed by atoms with van der Waals surface area (Å²) in [5.74, 6) is -0.829. The molecule has 220 valence electrons. The molecule has 9 nitrogen and oxygen atoms in total. The van der Waals surface area contributed by atoms with Crippen molar-refractivity contribution < 1.29 is 23.9 Å². The minimum absolute atomic E-state index is 0.0318. The number of likely N-dealkylation sites (tertiary alicyclic amines) is 1. The Balaban J connectivity index is 1.62. The lowest BCUT2D eigenvalue weighted by Gasteiger charge is -2.35. The summed E-state index contributed by atoms with van der Waals surface area (Å²) >= 11 is 1.67. The molecule has 3 aliphatic rings. The van der Waals surface area contributed by atoms with Crippen molar-refractivity contribution in [3.63, 3.8) is 0 Å². The third-order valence-corrected chi connectivity index (χ3v) is 9.35. The van der Waals surface area contributed by atoms with E-state index >= 15 is 0 Å². The lowest BCUT2D eigenvalue weighted by molar-refractivity contribution is -0.120. The number of carbonyl (C=O) groups excluding carboxylic acids is 3. The zero-order valence-corrected chi connectivity index (χ0v) is 25.8. The summed E-state index contributed by atoms with van der Waals surface area (Å²) in [5, 5.41) is 4.16. The molecule has 3 amide bonds. The van der Waals surface area contributed by atoms with E-state index in [2.05, 4.69) is 22.1 Å². The molecule has 1 N–H and O–H groups in total. The Morgan fingerprint density at radius 1 is 1.20 bits per heavy atom. The molecule has 10 heteroatoms. The molecule has 0 radical (unpaired) electrons. The van der Waals surface area contributed by atoms with Crippen LogP contribution in [0.2, 0.25) is 0 Å². The van der Waals surface area contributed by atoms with Gasteiger partial charge >= 0.3 is 6.09 Å². The van der Waals surface area contributed by atoms with Crippen molar-refractivity contribution in [2.45, 2.75) is 85.3 Å². The number of amides is 3. The molecule has 4 rings (SSSR count). The van der Waals surface area contributed by atoms with Crippen LogP contribution in [0.5, 0.6) is 0 Å². The van der Waals surface area contributed by atoms with Crippen LogP contribution in [0.1, 0.15) is 87.5 Å². The van der Waals surface area contributed by atoms with Gasteiger partial charge in [0.25, 0.3) is 11.8 Å². The number of dihydropyridines is 1. The minimum atomic E-state index is -0.566. The summed E-state index contributed by atoms with van der Waals surface area (Å²) < 4.78 is 11.2. The number of thiophene rings is 1. The molecule has 1 aromatic heterocycles. The second-order valence-electron chi connectivity index (χ2n) is 12.1. The average Bonchev–Trinajstić information content (AvgIpc) is 3.49. The van der Waals surface area contributed by atoms with Crippen molar-refractivity contribution in [2.75, 3.05) is 44.3 Å². The van der Waals surface area contributed by atoms with Crippen LogP contribution in [-0.2, 0) is 14.3 Å². The van der Waals surface area contributed by atoms with Crippen molar-refractivity contribution in [1.29, 1.82) is 0 Å². The van der Waals surface area contributed by atoms with E-state index in [1.54, 1.807) is 23.2 Å². The summed E-state index contributed by atoms with van der Waals surface area (Å²) in [5.41, 5.74) is 2.66. The number of nitrogens with zero attached hydrogens (tertiary/aromatic N) is 3. The number of aliphatic imine (C=N–C) groups is 1. The first-order chi connectivity index (χ1) is 18.9. The zero-order valence-electron chi connectivity index (χ0n) is 25.0. The van der Waals surface area contributed by atoms with E-state index in [4.69, 9.17) is 9.47 Å². The van der Waals surface area contributed by atoms with Crippen molar-refractivity contribution in [2.24, 2.45) is 10.9 Å². The quantitative estimate of drug-likeness (QED) is 0.489. The highest BCUT2D eigenvalue weighted by atomic mass is 32.1. The SMILES string of the molecule is CCN(c1sc(C2CCN(C(=O)OC(C)(C)C)C2)c(C(=O)NCC2C(=O)N=C(C)C=C2C)c1C)C1CCOCC1. The van der Waals surface area contributed by atoms with Gasteiger partial charge in [0, 0.05) is 61.9 Å². The maximum absolute atomic E-state index is 13.9. The van der Waals surface area contributed by atoms with Crippen molar-refractivity contribution in [3.8, 4) is 0 Å². The fourth-order valence-corrected chi connectivity index (χ4v) is 7.40. The Kier molecular flexibility index (Phi) is 9.40. The van der Waals surface area contributed by atoms with Crippen LogP contribution >= 0.6 is 11.3 Å². The first-order valence-corrected chi connectivity index (χ1v) is 15.2. The number of hydrogen-bond acceptors (Lipinski definition) is 7. The van der Waals surface area contributed by atoms with E-state index in [0.717, 1.165) is 60.0 Å². The molecule has 0 aliphatic carbocycles. The van der Waals surface area contributed by atoms with E-state index in [-0.39, 0.29) is 30.4 Å². The van der Waals surface area contributed by atoms with Crippen LogP contribution in [0.25, 0.3) is 0 Å². The largest absolute Gasteiger partial charge is 0.444 e. The molecular weight excluding hydrogens is 528 g/mol. The first-order valence-electron chi connectivity index (χ1n) is 14.4. The number of carbonyl (C=O) groups is 3. The Hall–Kier alpha value is -2.72. The number of hydrogen-bond donors (Lipinski definition) is 1. The van der Waals surface area contributed by atoms with Gasteiger partial charge in [-0.3, -0.25) is 9.59 Å². The first kappa shape index (κ1) is 30.2. The van der Waals surface area contributed by atoms with Crippen LogP contribution < -0.4 is 10.2 Å². The molecule has 4 heterocycles. The van der Waals surface area contributed by atoms with Crippen LogP contribution in [0, 0.1) is 12.8 Å². The van der Waals surface area contributed by atoms with Gasteiger partial charge in [0.15, 0.2) is 0 Å². The molecular formula is C30H44N4O5S. The summed E-state index contributed by atoms with van der Waals surface area (Å²) in [6, 6.07) is 0.357. The van der Waals surface area contributed by atoms with Crippen molar-refractivity contribution in [3.05, 3.63) is 27.7 Å². The Morgan fingerprint density at radius 2 is 1.90 bits per heavy atom. The lowest BCUT2D eigenvalue weighted by atomic mass is 9.95. The van der Waals surface area contributed by atoms with Gasteiger partial charge in [0.2, 0.25) is 0 Å². The monoisotopic (exact) mass is 572 g/mol. The third kappa shape index (κ3) is 6.77. The summed E-state index contributed by atoms with van der Waals surface area (Å²) in [4.78, 5) is 48.5. The second-order valence-corrected chi connectivity index (χ2v) is 13.1. The third-order valence-electron chi connectivity index (χ3n) is 7.86. The van der Waals surface area contributed by atoms with Crippen LogP contribution in [-0.4, -0.2) is 79.6 Å². The van der Waals surface area contributed by atoms with Crippen molar-refractivity contribution in [1.82, 2.24) is 10.2 Å². The molecule has 2 unspecified atom stereocenters. The fraction of sp³-hybridized carbons (Fsp3) is 0.667. The van der Waals surface area contributed by atoms with E-state index in [9.17, 15) is 14.4 Å². The molecule has 1 aromatic rings. The summed E-state index contributed by atoms with van der Waals surface area (Å²) in [6.45, 7) is 17.1. The van der Waals surface area contributed by atoms with Crippen LogP contribution in [0.4, 0.5) is 9.80 Å². The van der Waals surface area contributed by atoms with Crippen molar-refractivity contribution >= 4 is 40.0 Å². The topological polar surface area (TPSA) is 101 Å². The molecule has 3 aliphatic heterocycles. The van der Waals surface area contributed by atoms with Gasteiger partial charge in [-0.05, 0) is 79.4 Å².